The van der Waals surface area contributed by atoms with Crippen molar-refractivity contribution < 1.29 is 10.2 Å². The predicted molar refractivity (Wildman–Crippen MR) is 58.4 cm³/mol. The molecule has 1 aromatic rings. The van der Waals surface area contributed by atoms with E-state index in [9.17, 15) is 10.2 Å². The van der Waals surface area contributed by atoms with Crippen LogP contribution < -0.4 is 5.73 Å². The Hall–Kier alpha value is -1.82. The molecule has 2 atom stereocenters. The number of rotatable bonds is 4. The molecular weight excluding hydrogens is 210 g/mol. The number of aromatic nitrogens is 1. The zero-order valence-corrected chi connectivity index (χ0v) is 8.78. The van der Waals surface area contributed by atoms with Crippen LogP contribution in [0.15, 0.2) is 17.2 Å². The number of nitrogens with zero attached hydrogens (tertiary/aromatic N) is 4. The zero-order chi connectivity index (χ0) is 12.1. The highest BCUT2D eigenvalue weighted by Gasteiger charge is 2.19. The second-order valence-corrected chi connectivity index (χ2v) is 3.34. The number of hydrogen-bond acceptors (Lipinski definition) is 5. The van der Waals surface area contributed by atoms with E-state index in [0.717, 1.165) is 0 Å². The molecule has 0 saturated heterocycles. The van der Waals surface area contributed by atoms with Crippen LogP contribution in [0.3, 0.4) is 0 Å². The summed E-state index contributed by atoms with van der Waals surface area (Å²) in [6.07, 6.45) is -2.36. The van der Waals surface area contributed by atoms with Crippen LogP contribution in [0, 0.1) is 6.92 Å². The third-order valence-corrected chi connectivity index (χ3v) is 2.15. The Kier molecular flexibility index (Phi) is 4.07. The molecular formula is C9H13N5O2. The van der Waals surface area contributed by atoms with Crippen molar-refractivity contribution in [3.63, 3.8) is 0 Å². The number of hydrogen-bond donors (Lipinski definition) is 3. The highest BCUT2D eigenvalue weighted by molar-refractivity contribution is 5.42. The number of nitrogen functional groups attached to an aromatic ring is 1. The van der Waals surface area contributed by atoms with Gasteiger partial charge >= 0.3 is 0 Å². The minimum atomic E-state index is -1.19. The van der Waals surface area contributed by atoms with Gasteiger partial charge < -0.3 is 15.9 Å². The van der Waals surface area contributed by atoms with E-state index in [1.54, 1.807) is 13.0 Å². The maximum absolute atomic E-state index is 9.69. The average molecular weight is 223 g/mol. The van der Waals surface area contributed by atoms with Crippen molar-refractivity contribution in [1.82, 2.24) is 4.98 Å². The zero-order valence-electron chi connectivity index (χ0n) is 8.78. The van der Waals surface area contributed by atoms with E-state index >= 15 is 0 Å². The number of pyridine rings is 1. The molecule has 0 aromatic carbocycles. The summed E-state index contributed by atoms with van der Waals surface area (Å²) in [6.45, 7) is 1.49. The smallest absolute Gasteiger partial charge is 0.122 e. The normalized spacial score (nSPS) is 13.9. The first-order valence-electron chi connectivity index (χ1n) is 4.66. The van der Waals surface area contributed by atoms with E-state index < -0.39 is 12.2 Å². The fourth-order valence-corrected chi connectivity index (χ4v) is 1.17. The summed E-state index contributed by atoms with van der Waals surface area (Å²) in [6, 6.07) is 3.12. The third-order valence-electron chi connectivity index (χ3n) is 2.15. The number of aliphatic hydroxyl groups is 2. The van der Waals surface area contributed by atoms with Gasteiger partial charge in [-0.05, 0) is 24.6 Å². The predicted octanol–water partition coefficient (Wildman–Crippen LogP) is 0.677. The van der Waals surface area contributed by atoms with Crippen molar-refractivity contribution in [1.29, 1.82) is 0 Å². The van der Waals surface area contributed by atoms with Crippen molar-refractivity contribution in [2.75, 3.05) is 12.3 Å². The summed E-state index contributed by atoms with van der Waals surface area (Å²) in [4.78, 5) is 6.53. The quantitative estimate of drug-likeness (QED) is 0.393. The van der Waals surface area contributed by atoms with E-state index in [1.165, 1.54) is 6.07 Å². The van der Waals surface area contributed by atoms with Crippen LogP contribution in [0.4, 0.5) is 5.69 Å². The van der Waals surface area contributed by atoms with Crippen molar-refractivity contribution in [3.05, 3.63) is 34.0 Å². The molecule has 7 heteroatoms. The first kappa shape index (κ1) is 12.3. The third kappa shape index (κ3) is 2.83. The molecule has 1 rings (SSSR count). The van der Waals surface area contributed by atoms with Gasteiger partial charge in [-0.3, -0.25) is 4.98 Å². The second kappa shape index (κ2) is 5.32. The van der Waals surface area contributed by atoms with Crippen LogP contribution in [-0.4, -0.2) is 27.8 Å². The van der Waals surface area contributed by atoms with Crippen molar-refractivity contribution in [2.45, 2.75) is 19.1 Å². The minimum absolute atomic E-state index is 0.206. The fraction of sp³-hybridized carbons (Fsp3) is 0.444. The SMILES string of the molecule is Cc1nc(C(O)C(O)CN=[N+]=[N-])ccc1N. The van der Waals surface area contributed by atoms with Gasteiger partial charge in [0.15, 0.2) is 0 Å². The Labute approximate surface area is 92.2 Å². The minimum Gasteiger partial charge on any atom is -0.397 e. The molecule has 0 aliphatic rings. The Balaban J connectivity index is 2.82. The highest BCUT2D eigenvalue weighted by atomic mass is 16.3. The van der Waals surface area contributed by atoms with Gasteiger partial charge in [-0.25, -0.2) is 0 Å². The van der Waals surface area contributed by atoms with Gasteiger partial charge in [-0.15, -0.1) is 0 Å². The average Bonchev–Trinajstić information content (AvgIpc) is 2.28. The monoisotopic (exact) mass is 223 g/mol. The number of aliphatic hydroxyl groups excluding tert-OH is 2. The van der Waals surface area contributed by atoms with Gasteiger partial charge in [0.1, 0.15) is 6.10 Å². The standard InChI is InChI=1S/C9H13N5O2/c1-5-6(10)2-3-7(13-5)9(16)8(15)4-12-14-11/h2-3,8-9,15-16H,4,10H2,1H3. The molecule has 0 spiro atoms. The number of aryl methyl sites for hydroxylation is 1. The van der Waals surface area contributed by atoms with Crippen LogP contribution in [0.2, 0.25) is 0 Å². The molecule has 86 valence electrons. The van der Waals surface area contributed by atoms with Crippen molar-refractivity contribution in [3.8, 4) is 0 Å². The molecule has 0 fully saturated rings. The Morgan fingerprint density at radius 1 is 1.56 bits per heavy atom. The van der Waals surface area contributed by atoms with Gasteiger partial charge in [0, 0.05) is 4.91 Å². The topological polar surface area (TPSA) is 128 Å². The molecule has 1 heterocycles. The molecule has 7 nitrogen and oxygen atoms in total. The molecule has 1 aromatic heterocycles. The number of anilines is 1. The molecule has 0 saturated carbocycles. The van der Waals surface area contributed by atoms with Gasteiger partial charge in [-0.2, -0.15) is 0 Å². The lowest BCUT2D eigenvalue weighted by molar-refractivity contribution is 0.0217. The van der Waals surface area contributed by atoms with Crippen LogP contribution in [-0.2, 0) is 0 Å². The van der Waals surface area contributed by atoms with E-state index in [0.29, 0.717) is 17.1 Å². The lowest BCUT2D eigenvalue weighted by Crippen LogP contribution is -2.22. The second-order valence-electron chi connectivity index (χ2n) is 3.34. The molecule has 0 aliphatic heterocycles. The highest BCUT2D eigenvalue weighted by Crippen LogP contribution is 2.18. The Morgan fingerprint density at radius 3 is 2.81 bits per heavy atom. The molecule has 0 bridgehead atoms. The maximum atomic E-state index is 9.69. The molecule has 0 aliphatic carbocycles. The summed E-state index contributed by atoms with van der Waals surface area (Å²) in [5, 5.41) is 22.3. The van der Waals surface area contributed by atoms with E-state index in [2.05, 4.69) is 15.0 Å². The van der Waals surface area contributed by atoms with E-state index in [4.69, 9.17) is 11.3 Å². The van der Waals surface area contributed by atoms with Crippen LogP contribution in [0.25, 0.3) is 10.4 Å². The molecule has 2 unspecified atom stereocenters. The van der Waals surface area contributed by atoms with Gasteiger partial charge in [0.2, 0.25) is 0 Å². The Bertz CT molecular complexity index is 416. The largest absolute Gasteiger partial charge is 0.397 e. The molecule has 0 radical (unpaired) electrons. The summed E-state index contributed by atoms with van der Waals surface area (Å²) >= 11 is 0. The summed E-state index contributed by atoms with van der Waals surface area (Å²) < 4.78 is 0. The van der Waals surface area contributed by atoms with Gasteiger partial charge in [0.25, 0.3) is 0 Å². The van der Waals surface area contributed by atoms with E-state index in [-0.39, 0.29) is 6.54 Å². The first-order valence-corrected chi connectivity index (χ1v) is 4.66. The maximum Gasteiger partial charge on any atom is 0.122 e. The fourth-order valence-electron chi connectivity index (χ4n) is 1.17. The van der Waals surface area contributed by atoms with Crippen LogP contribution >= 0.6 is 0 Å². The number of azide groups is 1. The summed E-state index contributed by atoms with van der Waals surface area (Å²) in [7, 11) is 0. The lowest BCUT2D eigenvalue weighted by Gasteiger charge is -2.16. The lowest BCUT2D eigenvalue weighted by atomic mass is 10.1. The first-order chi connectivity index (χ1) is 7.56. The Morgan fingerprint density at radius 2 is 2.25 bits per heavy atom. The molecule has 16 heavy (non-hydrogen) atoms. The summed E-state index contributed by atoms with van der Waals surface area (Å²) in [5.41, 5.74) is 15.0. The van der Waals surface area contributed by atoms with Crippen molar-refractivity contribution >= 4 is 5.69 Å². The van der Waals surface area contributed by atoms with Crippen molar-refractivity contribution in [2.24, 2.45) is 5.11 Å². The molecule has 0 amide bonds. The van der Waals surface area contributed by atoms with Gasteiger partial charge in [0.05, 0.1) is 29.7 Å². The van der Waals surface area contributed by atoms with Crippen LogP contribution in [0.5, 0.6) is 0 Å². The van der Waals surface area contributed by atoms with Gasteiger partial charge in [-0.1, -0.05) is 5.11 Å². The summed E-state index contributed by atoms with van der Waals surface area (Å²) in [5.74, 6) is 0. The molecule has 4 N–H and O–H groups in total. The number of nitrogens with two attached hydrogens (primary N) is 1. The van der Waals surface area contributed by atoms with Crippen LogP contribution in [0.1, 0.15) is 17.5 Å². The van der Waals surface area contributed by atoms with E-state index in [1.807, 2.05) is 0 Å².